The zero-order valence-electron chi connectivity index (χ0n) is 23.8. The van der Waals surface area contributed by atoms with Gasteiger partial charge in [-0.1, -0.05) is 41.9 Å². The molecule has 0 radical (unpaired) electrons. The van der Waals surface area contributed by atoms with Crippen molar-refractivity contribution in [3.63, 3.8) is 0 Å². The number of piperidine rings is 1. The fourth-order valence-corrected chi connectivity index (χ4v) is 7.15. The van der Waals surface area contributed by atoms with Crippen molar-refractivity contribution in [1.29, 1.82) is 0 Å². The molecule has 0 spiro atoms. The Morgan fingerprint density at radius 2 is 1.57 bits per heavy atom. The number of urea groups is 1. The molecule has 0 aliphatic carbocycles. The summed E-state index contributed by atoms with van der Waals surface area (Å²) in [5.74, 6) is 0.578. The van der Waals surface area contributed by atoms with Crippen molar-refractivity contribution in [2.45, 2.75) is 30.6 Å². The molecule has 2 amide bonds. The van der Waals surface area contributed by atoms with Crippen LogP contribution in [0, 0.1) is 5.92 Å². The summed E-state index contributed by atoms with van der Waals surface area (Å²) in [5, 5.41) is 3.62. The van der Waals surface area contributed by atoms with Gasteiger partial charge in [0.15, 0.2) is 0 Å². The fraction of sp³-hybridized carbons (Fsp3) is 0.406. The van der Waals surface area contributed by atoms with Gasteiger partial charge in [0, 0.05) is 36.0 Å². The summed E-state index contributed by atoms with van der Waals surface area (Å²) >= 11 is 5.99. The Kier molecular flexibility index (Phi) is 10.5. The van der Waals surface area contributed by atoms with Crippen molar-refractivity contribution >= 4 is 39.0 Å². The monoisotopic (exact) mass is 610 g/mol. The number of para-hydroxylation sites is 1. The van der Waals surface area contributed by atoms with Gasteiger partial charge in [0.1, 0.15) is 0 Å². The van der Waals surface area contributed by atoms with Crippen LogP contribution in [0.25, 0.3) is 0 Å². The zero-order chi connectivity index (χ0) is 29.4. The molecule has 42 heavy (non-hydrogen) atoms. The van der Waals surface area contributed by atoms with Crippen LogP contribution in [-0.2, 0) is 21.2 Å². The van der Waals surface area contributed by atoms with Crippen molar-refractivity contribution in [3.8, 4) is 0 Å². The van der Waals surface area contributed by atoms with Gasteiger partial charge < -0.3 is 15.0 Å². The van der Waals surface area contributed by atoms with Gasteiger partial charge in [0.25, 0.3) is 0 Å². The highest BCUT2D eigenvalue weighted by Crippen LogP contribution is 2.24. The number of carbonyl (C=O) groups excluding carboxylic acids is 1. The number of sulfonamides is 1. The number of amides is 2. The number of ether oxygens (including phenoxy) is 1. The van der Waals surface area contributed by atoms with Crippen molar-refractivity contribution in [3.05, 3.63) is 89.4 Å². The second-order valence-corrected chi connectivity index (χ2v) is 13.3. The van der Waals surface area contributed by atoms with Crippen molar-refractivity contribution in [2.75, 3.05) is 62.7 Å². The Hall–Kier alpha value is -2.95. The number of likely N-dealkylation sites (tertiary alicyclic amines) is 1. The second-order valence-electron chi connectivity index (χ2n) is 10.9. The molecule has 5 rings (SSSR count). The molecule has 0 aromatic heterocycles. The van der Waals surface area contributed by atoms with E-state index in [4.69, 9.17) is 16.3 Å². The SMILES string of the molecule is O=C(Nc1ccc(Cl)cc1)N(CCCN1CCC(Cc2ccc(S(=O)(=O)N3CCOCC3)cc2)CC1)c1ccccc1. The number of morpholine rings is 1. The smallest absolute Gasteiger partial charge is 0.326 e. The molecule has 0 bridgehead atoms. The third kappa shape index (κ3) is 8.11. The average Bonchev–Trinajstić information content (AvgIpc) is 3.02. The van der Waals surface area contributed by atoms with Gasteiger partial charge in [-0.25, -0.2) is 13.2 Å². The van der Waals surface area contributed by atoms with E-state index in [1.54, 1.807) is 41.3 Å². The first kappa shape index (κ1) is 30.5. The Bertz CT molecular complexity index is 1390. The number of rotatable bonds is 10. The molecular weight excluding hydrogens is 572 g/mol. The molecule has 0 atom stereocenters. The van der Waals surface area contributed by atoms with Crippen LogP contribution in [0.4, 0.5) is 16.2 Å². The molecule has 3 aromatic rings. The molecule has 2 fully saturated rings. The summed E-state index contributed by atoms with van der Waals surface area (Å²) in [6.45, 7) is 5.30. The van der Waals surface area contributed by atoms with Gasteiger partial charge in [-0.15, -0.1) is 0 Å². The maximum absolute atomic E-state index is 13.2. The first-order valence-electron chi connectivity index (χ1n) is 14.7. The van der Waals surface area contributed by atoms with Crippen LogP contribution in [0.1, 0.15) is 24.8 Å². The Morgan fingerprint density at radius 3 is 2.24 bits per heavy atom. The first-order valence-corrected chi connectivity index (χ1v) is 16.5. The standard InChI is InChI=1S/C32H39ClN4O4S/c33-28-9-11-29(12-10-28)34-32(38)37(30-5-2-1-3-6-30)18-4-17-35-19-15-27(16-20-35)25-26-7-13-31(14-8-26)42(39,40)36-21-23-41-24-22-36/h1-3,5-14,27H,4,15-25H2,(H,34,38). The molecule has 3 aromatic carbocycles. The van der Waals surface area contributed by atoms with Crippen LogP contribution >= 0.6 is 11.6 Å². The second kappa shape index (κ2) is 14.5. The molecular formula is C32H39ClN4O4S. The number of nitrogens with zero attached hydrogens (tertiary/aromatic N) is 3. The van der Waals surface area contributed by atoms with E-state index in [0.717, 1.165) is 51.0 Å². The fourth-order valence-electron chi connectivity index (χ4n) is 5.61. The Balaban J connectivity index is 1.08. The number of carbonyl (C=O) groups is 1. The minimum atomic E-state index is -3.46. The summed E-state index contributed by atoms with van der Waals surface area (Å²) in [6.07, 6.45) is 4.03. The summed E-state index contributed by atoms with van der Waals surface area (Å²) in [4.78, 5) is 17.8. The lowest BCUT2D eigenvalue weighted by molar-refractivity contribution is 0.0730. The molecule has 2 aliphatic heterocycles. The Labute approximate surface area is 254 Å². The minimum Gasteiger partial charge on any atom is -0.379 e. The van der Waals surface area contributed by atoms with Gasteiger partial charge in [-0.2, -0.15) is 4.31 Å². The van der Waals surface area contributed by atoms with Gasteiger partial charge in [0.05, 0.1) is 18.1 Å². The topological polar surface area (TPSA) is 82.2 Å². The van der Waals surface area contributed by atoms with Crippen molar-refractivity contribution in [2.24, 2.45) is 5.92 Å². The van der Waals surface area contributed by atoms with E-state index in [-0.39, 0.29) is 6.03 Å². The van der Waals surface area contributed by atoms with Crippen molar-refractivity contribution < 1.29 is 17.9 Å². The minimum absolute atomic E-state index is 0.161. The van der Waals surface area contributed by atoms with Crippen LogP contribution in [-0.4, -0.2) is 76.1 Å². The highest BCUT2D eigenvalue weighted by molar-refractivity contribution is 7.89. The van der Waals surface area contributed by atoms with E-state index in [2.05, 4.69) is 10.2 Å². The summed E-state index contributed by atoms with van der Waals surface area (Å²) in [6, 6.07) is 24.1. The summed E-state index contributed by atoms with van der Waals surface area (Å²) in [5.41, 5.74) is 2.76. The van der Waals surface area contributed by atoms with E-state index in [0.29, 0.717) is 54.4 Å². The van der Waals surface area contributed by atoms with E-state index in [1.165, 1.54) is 9.87 Å². The molecule has 2 aliphatic rings. The largest absolute Gasteiger partial charge is 0.379 e. The molecule has 10 heteroatoms. The average molecular weight is 611 g/mol. The summed E-state index contributed by atoms with van der Waals surface area (Å²) in [7, 11) is -3.46. The quantitative estimate of drug-likeness (QED) is 0.316. The van der Waals surface area contributed by atoms with E-state index in [1.807, 2.05) is 42.5 Å². The molecule has 8 nitrogen and oxygen atoms in total. The zero-order valence-corrected chi connectivity index (χ0v) is 25.4. The van der Waals surface area contributed by atoms with E-state index < -0.39 is 10.0 Å². The molecule has 2 heterocycles. The number of hydrogen-bond acceptors (Lipinski definition) is 5. The maximum Gasteiger partial charge on any atom is 0.326 e. The number of halogens is 1. The van der Waals surface area contributed by atoms with E-state index in [9.17, 15) is 13.2 Å². The third-order valence-electron chi connectivity index (χ3n) is 8.03. The highest BCUT2D eigenvalue weighted by atomic mass is 35.5. The molecule has 2 saturated heterocycles. The van der Waals surface area contributed by atoms with Crippen LogP contribution in [0.15, 0.2) is 83.8 Å². The normalized spacial score (nSPS) is 17.2. The maximum atomic E-state index is 13.2. The predicted molar refractivity (Wildman–Crippen MR) is 168 cm³/mol. The number of hydrogen-bond donors (Lipinski definition) is 1. The number of nitrogens with one attached hydrogen (secondary N) is 1. The number of benzene rings is 3. The first-order chi connectivity index (χ1) is 20.4. The van der Waals surface area contributed by atoms with Crippen molar-refractivity contribution in [1.82, 2.24) is 9.21 Å². The molecule has 0 saturated carbocycles. The predicted octanol–water partition coefficient (Wildman–Crippen LogP) is 5.74. The van der Waals surface area contributed by atoms with Gasteiger partial charge in [-0.3, -0.25) is 4.90 Å². The highest BCUT2D eigenvalue weighted by Gasteiger charge is 2.26. The molecule has 1 N–H and O–H groups in total. The van der Waals surface area contributed by atoms with Crippen LogP contribution in [0.3, 0.4) is 0 Å². The molecule has 224 valence electrons. The summed E-state index contributed by atoms with van der Waals surface area (Å²) < 4.78 is 32.6. The number of anilines is 2. The van der Waals surface area contributed by atoms with Gasteiger partial charge in [0.2, 0.25) is 10.0 Å². The lowest BCUT2D eigenvalue weighted by Gasteiger charge is -2.32. The lowest BCUT2D eigenvalue weighted by atomic mass is 9.90. The van der Waals surface area contributed by atoms with Crippen LogP contribution in [0.5, 0.6) is 0 Å². The third-order valence-corrected chi connectivity index (χ3v) is 10.2. The van der Waals surface area contributed by atoms with E-state index >= 15 is 0 Å². The lowest BCUT2D eigenvalue weighted by Crippen LogP contribution is -2.40. The van der Waals surface area contributed by atoms with Gasteiger partial charge >= 0.3 is 6.03 Å². The van der Waals surface area contributed by atoms with Gasteiger partial charge in [-0.05, 0) is 105 Å². The Morgan fingerprint density at radius 1 is 0.905 bits per heavy atom. The molecule has 0 unspecified atom stereocenters. The van der Waals surface area contributed by atoms with Crippen LogP contribution in [0.2, 0.25) is 5.02 Å². The van der Waals surface area contributed by atoms with Crippen LogP contribution < -0.4 is 10.2 Å².